The lowest BCUT2D eigenvalue weighted by atomic mass is 10.3. The van der Waals surface area contributed by atoms with Crippen molar-refractivity contribution in [3.63, 3.8) is 0 Å². The maximum atomic E-state index is 3.77. The Morgan fingerprint density at radius 2 is 1.91 bits per heavy atom. The van der Waals surface area contributed by atoms with E-state index < -0.39 is 0 Å². The maximum absolute atomic E-state index is 3.77. The predicted molar refractivity (Wildman–Crippen MR) is 51.0 cm³/mol. The molecule has 0 aliphatic heterocycles. The van der Waals surface area contributed by atoms with Gasteiger partial charge in [-0.1, -0.05) is 30.9 Å². The monoisotopic (exact) mass is 149 g/mol. The van der Waals surface area contributed by atoms with E-state index in [1.54, 1.807) is 0 Å². The van der Waals surface area contributed by atoms with Gasteiger partial charge in [0, 0.05) is 5.70 Å². The summed E-state index contributed by atoms with van der Waals surface area (Å²) in [5, 5.41) is 2.98. The van der Waals surface area contributed by atoms with Crippen molar-refractivity contribution in [3.05, 3.63) is 48.9 Å². The topological polar surface area (TPSA) is 12.0 Å². The number of allylic oxidation sites excluding steroid dienone is 4. The van der Waals surface area contributed by atoms with E-state index in [0.29, 0.717) is 0 Å². The van der Waals surface area contributed by atoms with Crippen molar-refractivity contribution in [1.82, 2.24) is 5.32 Å². The molecule has 0 spiro atoms. The molecule has 11 heavy (non-hydrogen) atoms. The van der Waals surface area contributed by atoms with Crippen LogP contribution in [-0.4, -0.2) is 0 Å². The lowest BCUT2D eigenvalue weighted by molar-refractivity contribution is 1.11. The summed E-state index contributed by atoms with van der Waals surface area (Å²) in [7, 11) is 0. The van der Waals surface area contributed by atoms with Crippen molar-refractivity contribution in [2.24, 2.45) is 0 Å². The average Bonchev–Trinajstić information content (AvgIpc) is 1.97. The highest BCUT2D eigenvalue weighted by Gasteiger charge is 1.79. The minimum absolute atomic E-state index is 0.867. The zero-order valence-electron chi connectivity index (χ0n) is 7.22. The van der Waals surface area contributed by atoms with Gasteiger partial charge in [-0.25, -0.2) is 0 Å². The first-order valence-electron chi connectivity index (χ1n) is 3.57. The standard InChI is InChI=1S/C10H15N/c1-5-8-11-10(4)7-6-9(2)3/h5-8,11H,2,4H2,1,3H3/b7-6-,8-5-. The molecule has 0 heterocycles. The molecule has 0 aliphatic rings. The van der Waals surface area contributed by atoms with Crippen molar-refractivity contribution in [2.45, 2.75) is 13.8 Å². The Hall–Kier alpha value is -1.24. The molecule has 0 amide bonds. The van der Waals surface area contributed by atoms with Crippen LogP contribution in [0.25, 0.3) is 0 Å². The normalized spacial score (nSPS) is 10.7. The van der Waals surface area contributed by atoms with Crippen LogP contribution in [0, 0.1) is 0 Å². The second-order valence-corrected chi connectivity index (χ2v) is 2.35. The molecule has 1 nitrogen and oxygen atoms in total. The zero-order valence-corrected chi connectivity index (χ0v) is 7.22. The predicted octanol–water partition coefficient (Wildman–Crippen LogP) is 2.76. The van der Waals surface area contributed by atoms with E-state index in [9.17, 15) is 0 Å². The molecule has 0 aromatic rings. The summed E-state index contributed by atoms with van der Waals surface area (Å²) >= 11 is 0. The van der Waals surface area contributed by atoms with Crippen molar-refractivity contribution in [3.8, 4) is 0 Å². The largest absolute Gasteiger partial charge is 0.362 e. The van der Waals surface area contributed by atoms with Crippen LogP contribution in [0.4, 0.5) is 0 Å². The lowest BCUT2D eigenvalue weighted by Crippen LogP contribution is -1.99. The minimum Gasteiger partial charge on any atom is -0.362 e. The van der Waals surface area contributed by atoms with Crippen molar-refractivity contribution < 1.29 is 0 Å². The Morgan fingerprint density at radius 1 is 1.27 bits per heavy atom. The number of hydrogen-bond acceptors (Lipinski definition) is 1. The van der Waals surface area contributed by atoms with Crippen molar-refractivity contribution in [2.75, 3.05) is 0 Å². The summed E-state index contributed by atoms with van der Waals surface area (Å²) < 4.78 is 0. The Balaban J connectivity index is 3.78. The molecular weight excluding hydrogens is 134 g/mol. The van der Waals surface area contributed by atoms with Gasteiger partial charge in [0.05, 0.1) is 0 Å². The summed E-state index contributed by atoms with van der Waals surface area (Å²) in [6.45, 7) is 11.4. The molecule has 0 fully saturated rings. The Bertz CT molecular complexity index is 197. The van der Waals surface area contributed by atoms with Gasteiger partial charge < -0.3 is 5.32 Å². The average molecular weight is 149 g/mol. The van der Waals surface area contributed by atoms with Gasteiger partial charge in [0.2, 0.25) is 0 Å². The fourth-order valence-corrected chi connectivity index (χ4v) is 0.481. The molecule has 0 bridgehead atoms. The van der Waals surface area contributed by atoms with Crippen LogP contribution in [0.2, 0.25) is 0 Å². The summed E-state index contributed by atoms with van der Waals surface area (Å²) in [4.78, 5) is 0. The number of rotatable bonds is 4. The molecule has 1 N–H and O–H groups in total. The van der Waals surface area contributed by atoms with E-state index in [1.807, 2.05) is 38.3 Å². The van der Waals surface area contributed by atoms with Crippen molar-refractivity contribution in [1.29, 1.82) is 0 Å². The third-order valence-electron chi connectivity index (χ3n) is 1.00. The summed E-state index contributed by atoms with van der Waals surface area (Å²) in [5.74, 6) is 0. The third kappa shape index (κ3) is 6.65. The molecule has 0 saturated heterocycles. The van der Waals surface area contributed by atoms with Gasteiger partial charge in [0.1, 0.15) is 0 Å². The first-order valence-corrected chi connectivity index (χ1v) is 3.57. The molecule has 0 aliphatic carbocycles. The molecule has 1 heteroatoms. The number of hydrogen-bond donors (Lipinski definition) is 1. The highest BCUT2D eigenvalue weighted by Crippen LogP contribution is 1.93. The van der Waals surface area contributed by atoms with Crippen LogP contribution >= 0.6 is 0 Å². The van der Waals surface area contributed by atoms with Gasteiger partial charge in [-0.2, -0.15) is 0 Å². The van der Waals surface area contributed by atoms with Gasteiger partial charge >= 0.3 is 0 Å². The van der Waals surface area contributed by atoms with Gasteiger partial charge in [-0.3, -0.25) is 0 Å². The maximum Gasteiger partial charge on any atom is 0.0306 e. The fraction of sp³-hybridized carbons (Fsp3) is 0.200. The number of nitrogens with one attached hydrogen (secondary N) is 1. The third-order valence-corrected chi connectivity index (χ3v) is 1.00. The SMILES string of the molecule is C=C(C)/C=C\C(=C)N/C=C\C. The van der Waals surface area contributed by atoms with Gasteiger partial charge in [-0.05, 0) is 26.1 Å². The molecule has 0 saturated carbocycles. The first-order chi connectivity index (χ1) is 5.16. The van der Waals surface area contributed by atoms with Crippen LogP contribution in [0.15, 0.2) is 48.9 Å². The second kappa shape index (κ2) is 5.54. The molecule has 0 rings (SSSR count). The van der Waals surface area contributed by atoms with E-state index >= 15 is 0 Å². The van der Waals surface area contributed by atoms with E-state index in [0.717, 1.165) is 11.3 Å². The molecule has 0 radical (unpaired) electrons. The second-order valence-electron chi connectivity index (χ2n) is 2.35. The quantitative estimate of drug-likeness (QED) is 0.606. The van der Waals surface area contributed by atoms with E-state index in [1.165, 1.54) is 0 Å². The van der Waals surface area contributed by atoms with E-state index in [4.69, 9.17) is 0 Å². The molecule has 0 unspecified atom stereocenters. The molecule has 60 valence electrons. The van der Waals surface area contributed by atoms with Crippen LogP contribution in [0.5, 0.6) is 0 Å². The summed E-state index contributed by atoms with van der Waals surface area (Å²) in [6, 6.07) is 0. The zero-order chi connectivity index (χ0) is 8.69. The van der Waals surface area contributed by atoms with Crippen LogP contribution in [0.1, 0.15) is 13.8 Å². The molecular formula is C10H15N. The first kappa shape index (κ1) is 9.76. The van der Waals surface area contributed by atoms with Crippen LogP contribution in [-0.2, 0) is 0 Å². The summed E-state index contributed by atoms with van der Waals surface area (Å²) in [6.07, 6.45) is 7.56. The Labute approximate surface area is 68.8 Å². The molecule has 0 atom stereocenters. The summed E-state index contributed by atoms with van der Waals surface area (Å²) in [5.41, 5.74) is 1.89. The van der Waals surface area contributed by atoms with Gasteiger partial charge in [0.15, 0.2) is 0 Å². The van der Waals surface area contributed by atoms with Crippen molar-refractivity contribution >= 4 is 0 Å². The Kier molecular flexibility index (Phi) is 4.91. The van der Waals surface area contributed by atoms with Gasteiger partial charge in [0.25, 0.3) is 0 Å². The van der Waals surface area contributed by atoms with E-state index in [2.05, 4.69) is 18.5 Å². The smallest absolute Gasteiger partial charge is 0.0306 e. The van der Waals surface area contributed by atoms with Gasteiger partial charge in [-0.15, -0.1) is 0 Å². The van der Waals surface area contributed by atoms with Crippen LogP contribution in [0.3, 0.4) is 0 Å². The minimum atomic E-state index is 0.867. The molecule has 0 aromatic carbocycles. The lowest BCUT2D eigenvalue weighted by Gasteiger charge is -1.96. The molecule has 0 aromatic heterocycles. The van der Waals surface area contributed by atoms with Crippen LogP contribution < -0.4 is 5.32 Å². The fourth-order valence-electron chi connectivity index (χ4n) is 0.481. The highest BCUT2D eigenvalue weighted by molar-refractivity contribution is 5.22. The van der Waals surface area contributed by atoms with E-state index in [-0.39, 0.29) is 0 Å². The Morgan fingerprint density at radius 3 is 2.36 bits per heavy atom. The highest BCUT2D eigenvalue weighted by atomic mass is 14.8.